The fourth-order valence-corrected chi connectivity index (χ4v) is 2.96. The summed E-state index contributed by atoms with van der Waals surface area (Å²) in [5.41, 5.74) is 1.50. The Balaban J connectivity index is 1.58. The van der Waals surface area contributed by atoms with Crippen molar-refractivity contribution < 1.29 is 13.9 Å². The Labute approximate surface area is 140 Å². The summed E-state index contributed by atoms with van der Waals surface area (Å²) in [7, 11) is 1.65. The summed E-state index contributed by atoms with van der Waals surface area (Å²) >= 11 is 0. The van der Waals surface area contributed by atoms with Crippen molar-refractivity contribution in [1.29, 1.82) is 0 Å². The zero-order valence-corrected chi connectivity index (χ0v) is 13.6. The van der Waals surface area contributed by atoms with Gasteiger partial charge in [0.1, 0.15) is 5.82 Å². The highest BCUT2D eigenvalue weighted by Gasteiger charge is 2.28. The Morgan fingerprint density at radius 3 is 3.17 bits per heavy atom. The third-order valence-corrected chi connectivity index (χ3v) is 4.15. The Kier molecular flexibility index (Phi) is 5.10. The monoisotopic (exact) mass is 332 g/mol. The molecular weight excluding hydrogens is 311 g/mol. The number of ether oxygens (including phenoxy) is 1. The van der Waals surface area contributed by atoms with Gasteiger partial charge in [0, 0.05) is 32.0 Å². The maximum absolute atomic E-state index is 13.3. The number of methoxy groups -OCH3 is 1. The van der Waals surface area contributed by atoms with E-state index in [2.05, 4.69) is 10.4 Å². The van der Waals surface area contributed by atoms with E-state index < -0.39 is 0 Å². The molecule has 24 heavy (non-hydrogen) atoms. The number of urea groups is 1. The molecule has 7 heteroatoms. The van der Waals surface area contributed by atoms with Crippen LogP contribution in [0.4, 0.5) is 9.18 Å². The molecule has 1 N–H and O–H groups in total. The first-order chi connectivity index (χ1) is 11.7. The molecule has 0 radical (unpaired) electrons. The standard InChI is InChI=1S/C17H21FN4O2/c1-24-12-16-6-3-7-21(16)17(23)19-9-13-10-20-22(11-13)15-5-2-4-14(18)8-15/h2,4-5,8,10-11,16H,3,6-7,9,12H2,1H3,(H,19,23)/t16-/m0/s1. The highest BCUT2D eigenvalue weighted by atomic mass is 19.1. The molecule has 0 aliphatic carbocycles. The van der Waals surface area contributed by atoms with Crippen molar-refractivity contribution in [3.63, 3.8) is 0 Å². The van der Waals surface area contributed by atoms with Gasteiger partial charge in [-0.05, 0) is 31.0 Å². The van der Waals surface area contributed by atoms with Crippen LogP contribution in [0.25, 0.3) is 5.69 Å². The zero-order chi connectivity index (χ0) is 16.9. The molecule has 1 aromatic heterocycles. The predicted octanol–water partition coefficient (Wildman–Crippen LogP) is 2.33. The largest absolute Gasteiger partial charge is 0.383 e. The number of nitrogens with one attached hydrogen (secondary N) is 1. The highest BCUT2D eigenvalue weighted by molar-refractivity contribution is 5.74. The first-order valence-corrected chi connectivity index (χ1v) is 8.00. The van der Waals surface area contributed by atoms with E-state index in [0.717, 1.165) is 24.9 Å². The lowest BCUT2D eigenvalue weighted by molar-refractivity contribution is 0.123. The number of amides is 2. The van der Waals surface area contributed by atoms with Gasteiger partial charge >= 0.3 is 6.03 Å². The van der Waals surface area contributed by atoms with Crippen molar-refractivity contribution in [1.82, 2.24) is 20.0 Å². The van der Waals surface area contributed by atoms with Crippen LogP contribution in [0, 0.1) is 5.82 Å². The molecular formula is C17H21FN4O2. The molecule has 3 rings (SSSR count). The molecule has 1 saturated heterocycles. The van der Waals surface area contributed by atoms with E-state index in [1.165, 1.54) is 12.1 Å². The van der Waals surface area contributed by atoms with Crippen molar-refractivity contribution in [3.8, 4) is 5.69 Å². The summed E-state index contributed by atoms with van der Waals surface area (Å²) in [5, 5.41) is 7.12. The number of carbonyl (C=O) groups is 1. The average Bonchev–Trinajstić information content (AvgIpc) is 3.22. The number of hydrogen-bond donors (Lipinski definition) is 1. The third-order valence-electron chi connectivity index (χ3n) is 4.15. The lowest BCUT2D eigenvalue weighted by Gasteiger charge is -2.24. The maximum atomic E-state index is 13.3. The van der Waals surface area contributed by atoms with Crippen LogP contribution >= 0.6 is 0 Å². The van der Waals surface area contributed by atoms with Crippen molar-refractivity contribution in [2.24, 2.45) is 0 Å². The van der Waals surface area contributed by atoms with E-state index in [1.807, 2.05) is 4.90 Å². The summed E-state index contributed by atoms with van der Waals surface area (Å²) in [4.78, 5) is 14.1. The van der Waals surface area contributed by atoms with Crippen LogP contribution in [0.15, 0.2) is 36.7 Å². The number of rotatable bonds is 5. The van der Waals surface area contributed by atoms with E-state index in [-0.39, 0.29) is 17.9 Å². The van der Waals surface area contributed by atoms with Crippen LogP contribution in [-0.2, 0) is 11.3 Å². The van der Waals surface area contributed by atoms with Crippen molar-refractivity contribution in [3.05, 3.63) is 48.0 Å². The molecule has 1 aliphatic rings. The van der Waals surface area contributed by atoms with E-state index in [9.17, 15) is 9.18 Å². The lowest BCUT2D eigenvalue weighted by Crippen LogP contribution is -2.44. The molecule has 0 saturated carbocycles. The van der Waals surface area contributed by atoms with Gasteiger partial charge in [-0.2, -0.15) is 5.10 Å². The summed E-state index contributed by atoms with van der Waals surface area (Å²) in [6.07, 6.45) is 5.42. The third kappa shape index (κ3) is 3.73. The SMILES string of the molecule is COC[C@@H]1CCCN1C(=O)NCc1cnn(-c2cccc(F)c2)c1. The first-order valence-electron chi connectivity index (χ1n) is 8.00. The van der Waals surface area contributed by atoms with Crippen LogP contribution in [-0.4, -0.2) is 47.0 Å². The second kappa shape index (κ2) is 7.44. The number of halogens is 1. The minimum atomic E-state index is -0.309. The first kappa shape index (κ1) is 16.4. The summed E-state index contributed by atoms with van der Waals surface area (Å²) in [6.45, 7) is 1.69. The van der Waals surface area contributed by atoms with Gasteiger partial charge in [-0.1, -0.05) is 6.07 Å². The maximum Gasteiger partial charge on any atom is 0.317 e. The minimum absolute atomic E-state index is 0.0898. The molecule has 1 atom stereocenters. The Bertz CT molecular complexity index is 703. The number of likely N-dealkylation sites (tertiary alicyclic amines) is 1. The molecule has 0 spiro atoms. The predicted molar refractivity (Wildman–Crippen MR) is 87.4 cm³/mol. The summed E-state index contributed by atoms with van der Waals surface area (Å²) in [6, 6.07) is 6.27. The summed E-state index contributed by atoms with van der Waals surface area (Å²) < 4.78 is 20.0. The lowest BCUT2D eigenvalue weighted by atomic mass is 10.2. The number of nitrogens with zero attached hydrogens (tertiary/aromatic N) is 3. The van der Waals surface area contributed by atoms with Crippen molar-refractivity contribution in [2.75, 3.05) is 20.3 Å². The fourth-order valence-electron chi connectivity index (χ4n) is 2.96. The molecule has 2 amide bonds. The van der Waals surface area contributed by atoms with Crippen LogP contribution in [0.3, 0.4) is 0 Å². The van der Waals surface area contributed by atoms with E-state index in [1.54, 1.807) is 36.3 Å². The van der Waals surface area contributed by atoms with E-state index >= 15 is 0 Å². The number of carbonyl (C=O) groups excluding carboxylic acids is 1. The molecule has 0 unspecified atom stereocenters. The number of hydrogen-bond acceptors (Lipinski definition) is 3. The molecule has 1 aromatic carbocycles. The van der Waals surface area contributed by atoms with Crippen LogP contribution in [0.2, 0.25) is 0 Å². The Morgan fingerprint density at radius 1 is 1.50 bits per heavy atom. The highest BCUT2D eigenvalue weighted by Crippen LogP contribution is 2.17. The quantitative estimate of drug-likeness (QED) is 0.914. The minimum Gasteiger partial charge on any atom is -0.383 e. The van der Waals surface area contributed by atoms with Gasteiger partial charge in [-0.25, -0.2) is 13.9 Å². The van der Waals surface area contributed by atoms with Crippen LogP contribution in [0.5, 0.6) is 0 Å². The van der Waals surface area contributed by atoms with E-state index in [4.69, 9.17) is 4.74 Å². The van der Waals surface area contributed by atoms with Gasteiger partial charge < -0.3 is 15.0 Å². The Morgan fingerprint density at radius 2 is 2.38 bits per heavy atom. The number of aromatic nitrogens is 2. The molecule has 1 aliphatic heterocycles. The molecule has 2 heterocycles. The fraction of sp³-hybridized carbons (Fsp3) is 0.412. The van der Waals surface area contributed by atoms with Gasteiger partial charge in [0.15, 0.2) is 0 Å². The second-order valence-corrected chi connectivity index (χ2v) is 5.88. The average molecular weight is 332 g/mol. The van der Waals surface area contributed by atoms with Crippen LogP contribution < -0.4 is 5.32 Å². The number of benzene rings is 1. The molecule has 6 nitrogen and oxygen atoms in total. The van der Waals surface area contributed by atoms with Gasteiger partial charge in [0.2, 0.25) is 0 Å². The van der Waals surface area contributed by atoms with Gasteiger partial charge in [-0.15, -0.1) is 0 Å². The summed E-state index contributed by atoms with van der Waals surface area (Å²) in [5.74, 6) is -0.309. The molecule has 1 fully saturated rings. The van der Waals surface area contributed by atoms with Crippen molar-refractivity contribution in [2.45, 2.75) is 25.4 Å². The second-order valence-electron chi connectivity index (χ2n) is 5.88. The van der Waals surface area contributed by atoms with Crippen LogP contribution in [0.1, 0.15) is 18.4 Å². The topological polar surface area (TPSA) is 59.4 Å². The van der Waals surface area contributed by atoms with Crippen molar-refractivity contribution >= 4 is 6.03 Å². The Hall–Kier alpha value is -2.41. The molecule has 0 bridgehead atoms. The van der Waals surface area contributed by atoms with E-state index in [0.29, 0.717) is 18.8 Å². The van der Waals surface area contributed by atoms with Gasteiger partial charge in [0.25, 0.3) is 0 Å². The normalized spacial score (nSPS) is 17.2. The van der Waals surface area contributed by atoms with Gasteiger partial charge in [0.05, 0.1) is 24.5 Å². The van der Waals surface area contributed by atoms with Gasteiger partial charge in [-0.3, -0.25) is 0 Å². The zero-order valence-electron chi connectivity index (χ0n) is 13.6. The molecule has 128 valence electrons. The smallest absolute Gasteiger partial charge is 0.317 e. The molecule has 2 aromatic rings.